The van der Waals surface area contributed by atoms with Crippen molar-refractivity contribution in [3.05, 3.63) is 24.3 Å². The van der Waals surface area contributed by atoms with Gasteiger partial charge in [-0.3, -0.25) is 4.74 Å². The second kappa shape index (κ2) is 5.42. The highest BCUT2D eigenvalue weighted by Gasteiger charge is 2.10. The van der Waals surface area contributed by atoms with Crippen molar-refractivity contribution >= 4 is 19.7 Å². The lowest BCUT2D eigenvalue weighted by Gasteiger charge is -2.06. The van der Waals surface area contributed by atoms with E-state index in [9.17, 15) is 17.2 Å². The van der Waals surface area contributed by atoms with Gasteiger partial charge in [0.05, 0.1) is 4.90 Å². The molecule has 1 aromatic rings. The smallest absolute Gasteiger partial charge is 0.348 e. The molecule has 0 aromatic heterocycles. The normalized spacial score (nSPS) is 11.8. The second-order valence-electron chi connectivity index (χ2n) is 2.60. The molecule has 0 radical (unpaired) electrons. The van der Waals surface area contributed by atoms with Crippen LogP contribution >= 0.6 is 10.7 Å². The number of hydrogen-bond acceptors (Lipinski definition) is 4. The highest BCUT2D eigenvalue weighted by Crippen LogP contribution is 2.20. The maximum absolute atomic E-state index is 11.6. The summed E-state index contributed by atoms with van der Waals surface area (Å²) in [4.78, 5) is -0.177. The Morgan fingerprint density at radius 1 is 1.38 bits per heavy atom. The summed E-state index contributed by atoms with van der Waals surface area (Å²) in [5.74, 6) is 0.0716. The Hall–Kier alpha value is -0.920. The molecule has 4 nitrogen and oxygen atoms in total. The molecular formula is C8H7ClF2O4S. The van der Waals surface area contributed by atoms with E-state index < -0.39 is 22.5 Å². The first-order valence-corrected chi connectivity index (χ1v) is 6.28. The van der Waals surface area contributed by atoms with Gasteiger partial charge in [-0.1, -0.05) is 6.07 Å². The van der Waals surface area contributed by atoms with Gasteiger partial charge in [-0.05, 0) is 12.1 Å². The van der Waals surface area contributed by atoms with E-state index in [1.54, 1.807) is 0 Å². The summed E-state index contributed by atoms with van der Waals surface area (Å²) in [6, 6.07) is 5.12. The molecule has 0 amide bonds. The SMILES string of the molecule is O=S(=O)(Cl)c1cccc(OCOC(F)F)c1. The first kappa shape index (κ1) is 13.1. The molecule has 0 saturated carbocycles. The molecule has 1 aromatic carbocycles. The van der Waals surface area contributed by atoms with Crippen molar-refractivity contribution < 1.29 is 26.7 Å². The predicted molar refractivity (Wildman–Crippen MR) is 52.1 cm³/mol. The zero-order chi connectivity index (χ0) is 12.2. The van der Waals surface area contributed by atoms with E-state index in [-0.39, 0.29) is 10.6 Å². The maximum atomic E-state index is 11.6. The van der Waals surface area contributed by atoms with Crippen LogP contribution in [0.4, 0.5) is 8.78 Å². The Balaban J connectivity index is 2.69. The Kier molecular flexibility index (Phi) is 4.45. The third-order valence-corrected chi connectivity index (χ3v) is 2.86. The molecule has 90 valence electrons. The Bertz CT molecular complexity index is 449. The molecule has 8 heteroatoms. The van der Waals surface area contributed by atoms with E-state index in [2.05, 4.69) is 4.74 Å². The predicted octanol–water partition coefficient (Wildman–Crippen LogP) is 2.19. The molecule has 16 heavy (non-hydrogen) atoms. The van der Waals surface area contributed by atoms with Crippen LogP contribution < -0.4 is 4.74 Å². The van der Waals surface area contributed by atoms with Crippen LogP contribution in [0.5, 0.6) is 5.75 Å². The van der Waals surface area contributed by atoms with Crippen LogP contribution in [0.15, 0.2) is 29.2 Å². The van der Waals surface area contributed by atoms with Gasteiger partial charge in [-0.25, -0.2) is 8.42 Å². The molecule has 0 aliphatic heterocycles. The summed E-state index contributed by atoms with van der Waals surface area (Å²) in [5.41, 5.74) is 0. The molecule has 0 unspecified atom stereocenters. The zero-order valence-corrected chi connectivity index (χ0v) is 9.34. The average molecular weight is 273 g/mol. The summed E-state index contributed by atoms with van der Waals surface area (Å²) in [6.45, 7) is -3.62. The van der Waals surface area contributed by atoms with E-state index in [0.29, 0.717) is 0 Å². The van der Waals surface area contributed by atoms with Gasteiger partial charge in [0.1, 0.15) is 5.75 Å². The largest absolute Gasteiger partial charge is 0.467 e. The Morgan fingerprint density at radius 3 is 2.62 bits per heavy atom. The minimum Gasteiger partial charge on any atom is -0.467 e. The summed E-state index contributed by atoms with van der Waals surface area (Å²) in [7, 11) is 1.22. The van der Waals surface area contributed by atoms with Crippen molar-refractivity contribution in [3.63, 3.8) is 0 Å². The second-order valence-corrected chi connectivity index (χ2v) is 5.17. The van der Waals surface area contributed by atoms with Crippen LogP contribution in [0, 0.1) is 0 Å². The van der Waals surface area contributed by atoms with Crippen LogP contribution in [-0.4, -0.2) is 21.8 Å². The lowest BCUT2D eigenvalue weighted by Crippen LogP contribution is -2.07. The monoisotopic (exact) mass is 272 g/mol. The van der Waals surface area contributed by atoms with Crippen LogP contribution in [0.25, 0.3) is 0 Å². The first-order chi connectivity index (χ1) is 7.39. The molecule has 0 saturated heterocycles. The van der Waals surface area contributed by atoms with E-state index in [1.165, 1.54) is 18.2 Å². The highest BCUT2D eigenvalue weighted by molar-refractivity contribution is 8.13. The van der Waals surface area contributed by atoms with E-state index in [4.69, 9.17) is 15.4 Å². The van der Waals surface area contributed by atoms with Crippen molar-refractivity contribution in [2.45, 2.75) is 11.5 Å². The van der Waals surface area contributed by atoms with Crippen LogP contribution in [0.2, 0.25) is 0 Å². The van der Waals surface area contributed by atoms with Crippen molar-refractivity contribution in [2.75, 3.05) is 6.79 Å². The zero-order valence-electron chi connectivity index (χ0n) is 7.77. The Labute approximate surface area is 95.2 Å². The Morgan fingerprint density at radius 2 is 2.06 bits per heavy atom. The lowest BCUT2D eigenvalue weighted by molar-refractivity contribution is -0.167. The van der Waals surface area contributed by atoms with Gasteiger partial charge in [0.15, 0.2) is 6.79 Å². The number of rotatable bonds is 5. The summed E-state index contributed by atoms with van der Waals surface area (Å²) in [5, 5.41) is 0. The number of benzene rings is 1. The molecule has 0 atom stereocenters. The van der Waals surface area contributed by atoms with Crippen LogP contribution in [-0.2, 0) is 13.8 Å². The molecule has 0 bridgehead atoms. The minimum atomic E-state index is -3.86. The van der Waals surface area contributed by atoms with Gasteiger partial charge in [-0.2, -0.15) is 8.78 Å². The van der Waals surface area contributed by atoms with Gasteiger partial charge >= 0.3 is 6.61 Å². The first-order valence-electron chi connectivity index (χ1n) is 3.97. The van der Waals surface area contributed by atoms with Gasteiger partial charge in [0.2, 0.25) is 0 Å². The standard InChI is InChI=1S/C8H7ClF2O4S/c9-16(12,13)7-3-1-2-6(4-7)14-5-15-8(10)11/h1-4,8H,5H2. The molecule has 0 heterocycles. The lowest BCUT2D eigenvalue weighted by atomic mass is 10.3. The maximum Gasteiger partial charge on any atom is 0.348 e. The van der Waals surface area contributed by atoms with Crippen molar-refractivity contribution in [1.29, 1.82) is 0 Å². The molecule has 1 rings (SSSR count). The third kappa shape index (κ3) is 4.30. The number of alkyl halides is 2. The fraction of sp³-hybridized carbons (Fsp3) is 0.250. The molecule has 0 spiro atoms. The van der Waals surface area contributed by atoms with Crippen molar-refractivity contribution in [3.8, 4) is 5.75 Å². The molecule has 0 aliphatic rings. The summed E-state index contributed by atoms with van der Waals surface area (Å²) in [6.07, 6.45) is 0. The number of ether oxygens (including phenoxy) is 2. The van der Waals surface area contributed by atoms with Gasteiger partial charge in [0, 0.05) is 16.7 Å². The minimum absolute atomic E-state index is 0.0716. The number of halogens is 3. The summed E-state index contributed by atoms with van der Waals surface area (Å²) < 4.78 is 53.6. The van der Waals surface area contributed by atoms with E-state index in [0.717, 1.165) is 6.07 Å². The molecule has 0 aliphatic carbocycles. The topological polar surface area (TPSA) is 52.6 Å². The van der Waals surface area contributed by atoms with E-state index >= 15 is 0 Å². The van der Waals surface area contributed by atoms with Crippen molar-refractivity contribution in [2.24, 2.45) is 0 Å². The van der Waals surface area contributed by atoms with Crippen LogP contribution in [0.1, 0.15) is 0 Å². The van der Waals surface area contributed by atoms with Crippen LogP contribution in [0.3, 0.4) is 0 Å². The van der Waals surface area contributed by atoms with Gasteiger partial charge in [-0.15, -0.1) is 0 Å². The molecule has 0 fully saturated rings. The fourth-order valence-electron chi connectivity index (χ4n) is 0.869. The molecule has 0 N–H and O–H groups in total. The van der Waals surface area contributed by atoms with Crippen molar-refractivity contribution in [1.82, 2.24) is 0 Å². The third-order valence-electron chi connectivity index (χ3n) is 1.51. The van der Waals surface area contributed by atoms with Gasteiger partial charge in [0.25, 0.3) is 9.05 Å². The van der Waals surface area contributed by atoms with E-state index in [1.807, 2.05) is 0 Å². The number of hydrogen-bond donors (Lipinski definition) is 0. The molecular weight excluding hydrogens is 266 g/mol. The fourth-order valence-corrected chi connectivity index (χ4v) is 1.66. The quantitative estimate of drug-likeness (QED) is 0.609. The van der Waals surface area contributed by atoms with Gasteiger partial charge < -0.3 is 4.74 Å². The highest BCUT2D eigenvalue weighted by atomic mass is 35.7. The summed E-state index contributed by atoms with van der Waals surface area (Å²) >= 11 is 0. The average Bonchev–Trinajstić information content (AvgIpc) is 2.16.